The van der Waals surface area contributed by atoms with Crippen LogP contribution in [0.4, 0.5) is 4.39 Å². The topological polar surface area (TPSA) is 24.9 Å². The van der Waals surface area contributed by atoms with E-state index in [0.717, 1.165) is 12.0 Å². The fourth-order valence-electron chi connectivity index (χ4n) is 2.01. The minimum Gasteiger partial charge on any atom is -0.307 e. The maximum Gasteiger partial charge on any atom is 0.141 e. The Morgan fingerprint density at radius 2 is 2.22 bits per heavy atom. The normalized spacial score (nSPS) is 14.4. The molecule has 0 aliphatic carbocycles. The zero-order valence-corrected chi connectivity index (χ0v) is 11.4. The van der Waals surface area contributed by atoms with Gasteiger partial charge in [0.15, 0.2) is 0 Å². The average Bonchev–Trinajstić information content (AvgIpc) is 2.81. The fraction of sp³-hybridized carbons (Fsp3) is 0.357. The molecule has 2 rings (SSSR count). The Kier molecular flexibility index (Phi) is 4.44. The van der Waals surface area contributed by atoms with Crippen LogP contribution in [-0.2, 0) is 6.42 Å². The summed E-state index contributed by atoms with van der Waals surface area (Å²) in [4.78, 5) is 3.87. The molecule has 0 bridgehead atoms. The average molecular weight is 264 g/mol. The molecule has 0 amide bonds. The van der Waals surface area contributed by atoms with E-state index >= 15 is 0 Å². The van der Waals surface area contributed by atoms with Gasteiger partial charge < -0.3 is 5.32 Å². The maximum absolute atomic E-state index is 13.1. The summed E-state index contributed by atoms with van der Waals surface area (Å²) in [6.45, 7) is 4.17. The van der Waals surface area contributed by atoms with Crippen molar-refractivity contribution in [2.75, 3.05) is 0 Å². The Bertz CT molecular complexity index is 484. The predicted molar refractivity (Wildman–Crippen MR) is 73.2 cm³/mol. The summed E-state index contributed by atoms with van der Waals surface area (Å²) in [6.07, 6.45) is 3.92. The van der Waals surface area contributed by atoms with Gasteiger partial charge >= 0.3 is 0 Å². The van der Waals surface area contributed by atoms with E-state index in [4.69, 9.17) is 0 Å². The molecule has 0 aromatic carbocycles. The van der Waals surface area contributed by atoms with Crippen molar-refractivity contribution < 1.29 is 4.39 Å². The van der Waals surface area contributed by atoms with Crippen molar-refractivity contribution in [3.05, 3.63) is 52.2 Å². The van der Waals surface area contributed by atoms with Crippen molar-refractivity contribution in [3.63, 3.8) is 0 Å². The summed E-state index contributed by atoms with van der Waals surface area (Å²) in [7, 11) is 0. The SMILES string of the molecule is CC(Cc1ccsc1)NC(C)c1cncc(F)c1. The molecule has 18 heavy (non-hydrogen) atoms. The molecule has 0 aliphatic heterocycles. The quantitative estimate of drug-likeness (QED) is 0.893. The molecular formula is C14H17FN2S. The number of rotatable bonds is 5. The molecular weight excluding hydrogens is 247 g/mol. The lowest BCUT2D eigenvalue weighted by Crippen LogP contribution is -2.30. The molecule has 2 atom stereocenters. The van der Waals surface area contributed by atoms with Gasteiger partial charge in [-0.15, -0.1) is 0 Å². The standard InChI is InChI=1S/C14H17FN2S/c1-10(5-12-3-4-18-9-12)17-11(2)13-6-14(15)8-16-7-13/h3-4,6-11,17H,5H2,1-2H3. The van der Waals surface area contributed by atoms with Crippen LogP contribution in [0, 0.1) is 5.82 Å². The second kappa shape index (κ2) is 6.07. The molecule has 4 heteroatoms. The van der Waals surface area contributed by atoms with Gasteiger partial charge in [0.1, 0.15) is 5.82 Å². The van der Waals surface area contributed by atoms with Gasteiger partial charge in [-0.25, -0.2) is 4.39 Å². The Morgan fingerprint density at radius 1 is 1.39 bits per heavy atom. The largest absolute Gasteiger partial charge is 0.307 e. The lowest BCUT2D eigenvalue weighted by atomic mass is 10.1. The summed E-state index contributed by atoms with van der Waals surface area (Å²) >= 11 is 1.71. The van der Waals surface area contributed by atoms with Crippen LogP contribution in [0.1, 0.15) is 31.0 Å². The van der Waals surface area contributed by atoms with E-state index in [1.165, 1.54) is 17.8 Å². The number of nitrogens with one attached hydrogen (secondary N) is 1. The van der Waals surface area contributed by atoms with E-state index < -0.39 is 0 Å². The first-order chi connectivity index (χ1) is 8.65. The van der Waals surface area contributed by atoms with Gasteiger partial charge in [-0.3, -0.25) is 4.98 Å². The molecule has 0 saturated carbocycles. The zero-order valence-electron chi connectivity index (χ0n) is 10.6. The van der Waals surface area contributed by atoms with Gasteiger partial charge in [-0.2, -0.15) is 11.3 Å². The van der Waals surface area contributed by atoms with E-state index in [1.807, 2.05) is 6.92 Å². The molecule has 96 valence electrons. The summed E-state index contributed by atoms with van der Waals surface area (Å²) in [5.41, 5.74) is 2.22. The second-order valence-corrected chi connectivity index (χ2v) is 5.34. The van der Waals surface area contributed by atoms with Gasteiger partial charge in [-0.1, -0.05) is 0 Å². The molecule has 0 spiro atoms. The summed E-state index contributed by atoms with van der Waals surface area (Å²) in [5, 5.41) is 7.70. The highest BCUT2D eigenvalue weighted by molar-refractivity contribution is 7.07. The molecule has 1 N–H and O–H groups in total. The van der Waals surface area contributed by atoms with E-state index in [0.29, 0.717) is 6.04 Å². The second-order valence-electron chi connectivity index (χ2n) is 4.56. The van der Waals surface area contributed by atoms with E-state index in [2.05, 4.69) is 34.1 Å². The minimum atomic E-state index is -0.286. The van der Waals surface area contributed by atoms with Crippen LogP contribution in [-0.4, -0.2) is 11.0 Å². The third kappa shape index (κ3) is 3.62. The van der Waals surface area contributed by atoms with Crippen molar-refractivity contribution in [2.45, 2.75) is 32.4 Å². The molecule has 0 radical (unpaired) electrons. The number of aromatic nitrogens is 1. The Hall–Kier alpha value is -1.26. The van der Waals surface area contributed by atoms with Crippen LogP contribution in [0.25, 0.3) is 0 Å². The number of hydrogen-bond donors (Lipinski definition) is 1. The van der Waals surface area contributed by atoms with Gasteiger partial charge in [-0.05, 0) is 54.3 Å². The van der Waals surface area contributed by atoms with Crippen LogP contribution in [0.15, 0.2) is 35.3 Å². The summed E-state index contributed by atoms with van der Waals surface area (Å²) < 4.78 is 13.1. The first-order valence-corrected chi connectivity index (χ1v) is 6.97. The highest BCUT2D eigenvalue weighted by Crippen LogP contribution is 2.15. The van der Waals surface area contributed by atoms with E-state index in [1.54, 1.807) is 17.5 Å². The number of hydrogen-bond acceptors (Lipinski definition) is 3. The molecule has 2 unspecified atom stereocenters. The number of thiophene rings is 1. The summed E-state index contributed by atoms with van der Waals surface area (Å²) in [6, 6.07) is 4.11. The Labute approximate surface area is 111 Å². The number of halogens is 1. The summed E-state index contributed by atoms with van der Waals surface area (Å²) in [5.74, 6) is -0.286. The van der Waals surface area contributed by atoms with Gasteiger partial charge in [0, 0.05) is 18.3 Å². The number of nitrogens with zero attached hydrogens (tertiary/aromatic N) is 1. The van der Waals surface area contributed by atoms with Gasteiger partial charge in [0.2, 0.25) is 0 Å². The van der Waals surface area contributed by atoms with Crippen molar-refractivity contribution >= 4 is 11.3 Å². The van der Waals surface area contributed by atoms with Crippen LogP contribution in [0.2, 0.25) is 0 Å². The predicted octanol–water partition coefficient (Wildman–Crippen LogP) is 3.56. The minimum absolute atomic E-state index is 0.0989. The fourth-order valence-corrected chi connectivity index (χ4v) is 2.69. The molecule has 0 saturated heterocycles. The van der Waals surface area contributed by atoms with Crippen LogP contribution in [0.3, 0.4) is 0 Å². The van der Waals surface area contributed by atoms with Crippen molar-refractivity contribution in [1.29, 1.82) is 0 Å². The molecule has 0 fully saturated rings. The molecule has 0 aliphatic rings. The van der Waals surface area contributed by atoms with Gasteiger partial charge in [0.05, 0.1) is 6.20 Å². The van der Waals surface area contributed by atoms with E-state index in [-0.39, 0.29) is 11.9 Å². The van der Waals surface area contributed by atoms with Gasteiger partial charge in [0.25, 0.3) is 0 Å². The zero-order chi connectivity index (χ0) is 13.0. The van der Waals surface area contributed by atoms with Crippen molar-refractivity contribution in [3.8, 4) is 0 Å². The molecule has 2 nitrogen and oxygen atoms in total. The molecule has 2 aromatic rings. The van der Waals surface area contributed by atoms with Crippen LogP contribution >= 0.6 is 11.3 Å². The maximum atomic E-state index is 13.1. The van der Waals surface area contributed by atoms with Crippen LogP contribution < -0.4 is 5.32 Å². The van der Waals surface area contributed by atoms with E-state index in [9.17, 15) is 4.39 Å². The van der Waals surface area contributed by atoms with Crippen molar-refractivity contribution in [2.24, 2.45) is 0 Å². The molecule has 2 heterocycles. The lowest BCUT2D eigenvalue weighted by molar-refractivity contribution is 0.474. The first kappa shape index (κ1) is 13.2. The lowest BCUT2D eigenvalue weighted by Gasteiger charge is -2.19. The highest BCUT2D eigenvalue weighted by Gasteiger charge is 2.11. The van der Waals surface area contributed by atoms with Crippen molar-refractivity contribution in [1.82, 2.24) is 10.3 Å². The van der Waals surface area contributed by atoms with Crippen LogP contribution in [0.5, 0.6) is 0 Å². The highest BCUT2D eigenvalue weighted by atomic mass is 32.1. The number of pyridine rings is 1. The third-order valence-corrected chi connectivity index (χ3v) is 3.61. The third-order valence-electron chi connectivity index (χ3n) is 2.88. The Balaban J connectivity index is 1.92. The first-order valence-electron chi connectivity index (χ1n) is 6.02. The smallest absolute Gasteiger partial charge is 0.141 e. The molecule has 2 aromatic heterocycles. The monoisotopic (exact) mass is 264 g/mol. The Morgan fingerprint density at radius 3 is 2.89 bits per heavy atom.